The van der Waals surface area contributed by atoms with E-state index in [2.05, 4.69) is 4.98 Å². The van der Waals surface area contributed by atoms with E-state index in [-0.39, 0.29) is 19.0 Å². The Morgan fingerprint density at radius 3 is 2.64 bits per heavy atom. The molecule has 10 heteroatoms. The molecule has 1 heterocycles. The van der Waals surface area contributed by atoms with Gasteiger partial charge in [-0.25, -0.2) is 4.79 Å². The van der Waals surface area contributed by atoms with Gasteiger partial charge in [-0.15, -0.1) is 0 Å². The molecule has 0 amide bonds. The van der Waals surface area contributed by atoms with Crippen molar-refractivity contribution in [3.05, 3.63) is 58.6 Å². The quantitative estimate of drug-likeness (QED) is 0.546. The van der Waals surface area contributed by atoms with Gasteiger partial charge in [0.2, 0.25) is 0 Å². The molecular weight excluding hydrogens is 349 g/mol. The average molecular weight is 369 g/mol. The molecule has 4 N–H and O–H groups in total. The molecule has 0 saturated carbocycles. The Kier molecular flexibility index (Phi) is 6.86. The summed E-state index contributed by atoms with van der Waals surface area (Å²) in [6.07, 6.45) is -0.0764. The zero-order chi connectivity index (χ0) is 18.3. The van der Waals surface area contributed by atoms with Crippen LogP contribution in [0.4, 0.5) is 5.82 Å². The van der Waals surface area contributed by atoms with Crippen LogP contribution in [0.15, 0.2) is 47.4 Å². The number of hydrogen-bond donors (Lipinski definition) is 3. The van der Waals surface area contributed by atoms with E-state index < -0.39 is 32.3 Å². The molecule has 25 heavy (non-hydrogen) atoms. The number of nitrogen functional groups attached to an aromatic ring is 1. The van der Waals surface area contributed by atoms with Gasteiger partial charge in [-0.3, -0.25) is 9.13 Å². The van der Waals surface area contributed by atoms with Gasteiger partial charge in [-0.1, -0.05) is 30.3 Å². The molecule has 0 aliphatic carbocycles. The fourth-order valence-corrected chi connectivity index (χ4v) is 2.77. The van der Waals surface area contributed by atoms with Crippen molar-refractivity contribution in [1.82, 2.24) is 9.55 Å². The van der Waals surface area contributed by atoms with E-state index in [1.807, 2.05) is 6.07 Å². The number of nitrogens with zero attached hydrogens (tertiary/aromatic N) is 2. The highest BCUT2D eigenvalue weighted by Crippen LogP contribution is 2.42. The summed E-state index contributed by atoms with van der Waals surface area (Å²) in [4.78, 5) is 25.0. The third kappa shape index (κ3) is 6.41. The second-order valence-electron chi connectivity index (χ2n) is 5.28. The zero-order valence-electron chi connectivity index (χ0n) is 13.4. The van der Waals surface area contributed by atoms with Gasteiger partial charge in [-0.05, 0) is 11.6 Å². The maximum absolute atomic E-state index is 12.0. The molecule has 1 aromatic carbocycles. The molecule has 0 spiro atoms. The van der Waals surface area contributed by atoms with Gasteiger partial charge in [0.05, 0.1) is 25.9 Å². The molecule has 1 aromatic heterocycles. The highest BCUT2D eigenvalue weighted by molar-refractivity contribution is 7.52. The molecule has 9 nitrogen and oxygen atoms in total. The van der Waals surface area contributed by atoms with Gasteiger partial charge in [0.1, 0.15) is 12.2 Å². The lowest BCUT2D eigenvalue weighted by Gasteiger charge is -2.19. The van der Waals surface area contributed by atoms with Crippen LogP contribution in [-0.4, -0.2) is 38.6 Å². The number of nitrogens with two attached hydrogens (primary N) is 1. The van der Waals surface area contributed by atoms with E-state index in [9.17, 15) is 19.4 Å². The van der Waals surface area contributed by atoms with Crippen molar-refractivity contribution in [2.45, 2.75) is 19.3 Å². The summed E-state index contributed by atoms with van der Waals surface area (Å²) in [5, 5.41) is 9.34. The molecule has 0 aliphatic heterocycles. The van der Waals surface area contributed by atoms with E-state index in [0.717, 1.165) is 5.56 Å². The van der Waals surface area contributed by atoms with Crippen molar-refractivity contribution in [2.24, 2.45) is 0 Å². The number of benzene rings is 1. The lowest BCUT2D eigenvalue weighted by molar-refractivity contribution is 0.0164. The maximum Gasteiger partial charge on any atom is 0.353 e. The van der Waals surface area contributed by atoms with Crippen LogP contribution < -0.4 is 11.4 Å². The Hall–Kier alpha value is -2.03. The first-order valence-corrected chi connectivity index (χ1v) is 9.21. The van der Waals surface area contributed by atoms with E-state index in [0.29, 0.717) is 0 Å². The minimum atomic E-state index is -4.01. The predicted octanol–water partition coefficient (Wildman–Crippen LogP) is 0.563. The lowest BCUT2D eigenvalue weighted by Crippen LogP contribution is -2.32. The van der Waals surface area contributed by atoms with Gasteiger partial charge in [0.15, 0.2) is 0 Å². The van der Waals surface area contributed by atoms with Crippen molar-refractivity contribution in [2.75, 3.05) is 18.7 Å². The first-order valence-electron chi connectivity index (χ1n) is 7.45. The van der Waals surface area contributed by atoms with Crippen LogP contribution in [0.25, 0.3) is 0 Å². The van der Waals surface area contributed by atoms with Crippen LogP contribution in [0.3, 0.4) is 0 Å². The standard InChI is InChI=1S/C15H20N3O6P/c16-14-6-7-18(15(20)17-14)8-13(9-19)23-11-25(21,22)24-10-12-4-2-1-3-5-12/h1-7,13,19H,8-11H2,(H,21,22)(H2,16,17,20)/t13-/m1/s1. The Morgan fingerprint density at radius 2 is 2.00 bits per heavy atom. The molecule has 2 rings (SSSR count). The molecule has 0 fully saturated rings. The monoisotopic (exact) mass is 369 g/mol. The number of aliphatic hydroxyl groups excluding tert-OH is 1. The Bertz CT molecular complexity index is 782. The van der Waals surface area contributed by atoms with Gasteiger partial charge in [0, 0.05) is 6.20 Å². The predicted molar refractivity (Wildman–Crippen MR) is 90.8 cm³/mol. The van der Waals surface area contributed by atoms with Crippen LogP contribution in [0.2, 0.25) is 0 Å². The first kappa shape index (κ1) is 19.3. The SMILES string of the molecule is Nc1ccn(C[C@H](CO)OCP(=O)(O)OCc2ccccc2)c(=O)n1. The number of aliphatic hydroxyl groups is 1. The Balaban J connectivity index is 1.88. The number of hydrogen-bond acceptors (Lipinski definition) is 7. The van der Waals surface area contributed by atoms with Gasteiger partial charge in [0.25, 0.3) is 0 Å². The zero-order valence-corrected chi connectivity index (χ0v) is 14.3. The maximum atomic E-state index is 12.0. The number of ether oxygens (including phenoxy) is 1. The summed E-state index contributed by atoms with van der Waals surface area (Å²) < 4.78 is 23.4. The summed E-state index contributed by atoms with van der Waals surface area (Å²) in [5.41, 5.74) is 5.54. The molecule has 2 atom stereocenters. The minimum Gasteiger partial charge on any atom is -0.394 e. The number of anilines is 1. The Morgan fingerprint density at radius 1 is 1.28 bits per heavy atom. The van der Waals surface area contributed by atoms with Crippen LogP contribution in [0, 0.1) is 0 Å². The average Bonchev–Trinajstić information content (AvgIpc) is 2.59. The summed E-state index contributed by atoms with van der Waals surface area (Å²) in [6.45, 7) is -0.528. The van der Waals surface area contributed by atoms with Crippen molar-refractivity contribution in [3.63, 3.8) is 0 Å². The third-order valence-electron chi connectivity index (χ3n) is 3.25. The van der Waals surface area contributed by atoms with Crippen LogP contribution in [0.5, 0.6) is 0 Å². The normalized spacial score (nSPS) is 14.8. The molecular formula is C15H20N3O6P. The minimum absolute atomic E-state index is 0.0386. The number of aromatic nitrogens is 2. The van der Waals surface area contributed by atoms with E-state index in [4.69, 9.17) is 15.0 Å². The molecule has 0 radical (unpaired) electrons. The van der Waals surface area contributed by atoms with E-state index >= 15 is 0 Å². The molecule has 0 aliphatic rings. The van der Waals surface area contributed by atoms with E-state index in [1.54, 1.807) is 24.3 Å². The molecule has 1 unspecified atom stereocenters. The molecule has 0 saturated heterocycles. The van der Waals surface area contributed by atoms with Crippen LogP contribution in [-0.2, 0) is 27.0 Å². The molecule has 136 valence electrons. The molecule has 0 bridgehead atoms. The second-order valence-corrected chi connectivity index (χ2v) is 7.08. The van der Waals surface area contributed by atoms with Crippen molar-refractivity contribution >= 4 is 13.4 Å². The smallest absolute Gasteiger partial charge is 0.353 e. The Labute approximate surface area is 144 Å². The van der Waals surface area contributed by atoms with Crippen molar-refractivity contribution in [1.29, 1.82) is 0 Å². The highest BCUT2D eigenvalue weighted by atomic mass is 31.2. The summed E-state index contributed by atoms with van der Waals surface area (Å²) in [7, 11) is -4.01. The first-order chi connectivity index (χ1) is 11.9. The topological polar surface area (TPSA) is 137 Å². The lowest BCUT2D eigenvalue weighted by atomic mass is 10.2. The third-order valence-corrected chi connectivity index (χ3v) is 4.26. The fraction of sp³-hybridized carbons (Fsp3) is 0.333. The summed E-state index contributed by atoms with van der Waals surface area (Å²) >= 11 is 0. The van der Waals surface area contributed by atoms with Crippen LogP contribution >= 0.6 is 7.60 Å². The number of rotatable bonds is 9. The summed E-state index contributed by atoms with van der Waals surface area (Å²) in [6, 6.07) is 10.4. The molecule has 2 aromatic rings. The fourth-order valence-electron chi connectivity index (χ4n) is 1.95. The van der Waals surface area contributed by atoms with Crippen molar-refractivity contribution in [3.8, 4) is 0 Å². The highest BCUT2D eigenvalue weighted by Gasteiger charge is 2.23. The van der Waals surface area contributed by atoms with Crippen molar-refractivity contribution < 1.29 is 23.8 Å². The second kappa shape index (κ2) is 8.89. The van der Waals surface area contributed by atoms with Gasteiger partial charge in [-0.2, -0.15) is 4.98 Å². The van der Waals surface area contributed by atoms with Gasteiger partial charge >= 0.3 is 13.3 Å². The van der Waals surface area contributed by atoms with Crippen LogP contribution in [0.1, 0.15) is 5.56 Å². The van der Waals surface area contributed by atoms with Gasteiger partial charge < -0.3 is 25.0 Å². The summed E-state index contributed by atoms with van der Waals surface area (Å²) in [5.74, 6) is 0.0805. The van der Waals surface area contributed by atoms with E-state index in [1.165, 1.54) is 16.8 Å². The largest absolute Gasteiger partial charge is 0.394 e.